The number of aliphatic carboxylic acids is 1. The average molecular weight is 301 g/mol. The molecule has 7 heteroatoms. The molecule has 0 radical (unpaired) electrons. The predicted octanol–water partition coefficient (Wildman–Crippen LogP) is 2.39. The lowest BCUT2D eigenvalue weighted by Gasteiger charge is -2.11. The van der Waals surface area contributed by atoms with Crippen molar-refractivity contribution >= 4 is 17.7 Å². The van der Waals surface area contributed by atoms with Gasteiger partial charge in [0.15, 0.2) is 5.16 Å². The SMILES string of the molecule is CCCCOCCn1c(SCC(=O)O)nnc1C(C)C. The normalized spacial score (nSPS) is 11.2. The van der Waals surface area contributed by atoms with Crippen molar-refractivity contribution in [1.29, 1.82) is 0 Å². The lowest BCUT2D eigenvalue weighted by atomic mass is 10.2. The number of unbranched alkanes of at least 4 members (excludes halogenated alkanes) is 1. The van der Waals surface area contributed by atoms with E-state index in [1.807, 2.05) is 18.4 Å². The summed E-state index contributed by atoms with van der Waals surface area (Å²) in [5, 5.41) is 17.6. The third-order valence-electron chi connectivity index (χ3n) is 2.69. The van der Waals surface area contributed by atoms with Crippen molar-refractivity contribution in [3.63, 3.8) is 0 Å². The van der Waals surface area contributed by atoms with Gasteiger partial charge in [-0.05, 0) is 6.42 Å². The molecule has 0 saturated carbocycles. The first kappa shape index (κ1) is 17.0. The number of thioether (sulfide) groups is 1. The molecule has 20 heavy (non-hydrogen) atoms. The fraction of sp³-hybridized carbons (Fsp3) is 0.769. The zero-order valence-corrected chi connectivity index (χ0v) is 13.2. The van der Waals surface area contributed by atoms with Gasteiger partial charge in [-0.3, -0.25) is 4.79 Å². The molecule has 0 aromatic carbocycles. The maximum atomic E-state index is 10.7. The molecule has 1 aromatic heterocycles. The summed E-state index contributed by atoms with van der Waals surface area (Å²) in [6, 6.07) is 0. The van der Waals surface area contributed by atoms with E-state index in [9.17, 15) is 4.79 Å². The zero-order valence-electron chi connectivity index (χ0n) is 12.3. The van der Waals surface area contributed by atoms with Crippen LogP contribution in [-0.4, -0.2) is 44.8 Å². The molecule has 0 aliphatic carbocycles. The van der Waals surface area contributed by atoms with Crippen LogP contribution in [0, 0.1) is 0 Å². The number of carboxylic acids is 1. The van der Waals surface area contributed by atoms with Gasteiger partial charge in [-0.2, -0.15) is 0 Å². The molecule has 1 rings (SSSR count). The van der Waals surface area contributed by atoms with Crippen LogP contribution in [0.25, 0.3) is 0 Å². The fourth-order valence-electron chi connectivity index (χ4n) is 1.67. The Morgan fingerprint density at radius 1 is 1.40 bits per heavy atom. The Morgan fingerprint density at radius 3 is 2.75 bits per heavy atom. The molecule has 1 aromatic rings. The number of carboxylic acid groups (broad SMARTS) is 1. The van der Waals surface area contributed by atoms with Gasteiger partial charge in [0.1, 0.15) is 5.82 Å². The van der Waals surface area contributed by atoms with E-state index < -0.39 is 5.97 Å². The van der Waals surface area contributed by atoms with Crippen LogP contribution in [0.5, 0.6) is 0 Å². The van der Waals surface area contributed by atoms with Crippen molar-refractivity contribution in [3.05, 3.63) is 5.82 Å². The first-order valence-corrected chi connectivity index (χ1v) is 7.90. The summed E-state index contributed by atoms with van der Waals surface area (Å²) in [7, 11) is 0. The summed E-state index contributed by atoms with van der Waals surface area (Å²) in [5.41, 5.74) is 0. The highest BCUT2D eigenvalue weighted by molar-refractivity contribution is 7.99. The number of hydrogen-bond acceptors (Lipinski definition) is 5. The van der Waals surface area contributed by atoms with Gasteiger partial charge in [-0.25, -0.2) is 0 Å². The van der Waals surface area contributed by atoms with Crippen molar-refractivity contribution in [3.8, 4) is 0 Å². The van der Waals surface area contributed by atoms with Crippen LogP contribution in [0.15, 0.2) is 5.16 Å². The van der Waals surface area contributed by atoms with Crippen LogP contribution in [0.1, 0.15) is 45.4 Å². The quantitative estimate of drug-likeness (QED) is 0.528. The maximum Gasteiger partial charge on any atom is 0.313 e. The van der Waals surface area contributed by atoms with E-state index in [1.54, 1.807) is 0 Å². The summed E-state index contributed by atoms with van der Waals surface area (Å²) >= 11 is 1.20. The minimum Gasteiger partial charge on any atom is -0.481 e. The molecule has 114 valence electrons. The van der Waals surface area contributed by atoms with Gasteiger partial charge in [0, 0.05) is 19.1 Å². The molecule has 0 unspecified atom stereocenters. The maximum absolute atomic E-state index is 10.7. The fourth-order valence-corrected chi connectivity index (χ4v) is 2.37. The Bertz CT molecular complexity index is 421. The van der Waals surface area contributed by atoms with Crippen molar-refractivity contribution in [1.82, 2.24) is 14.8 Å². The van der Waals surface area contributed by atoms with Gasteiger partial charge < -0.3 is 14.4 Å². The third-order valence-corrected chi connectivity index (χ3v) is 3.64. The van der Waals surface area contributed by atoms with Crippen molar-refractivity contribution in [2.24, 2.45) is 0 Å². The van der Waals surface area contributed by atoms with E-state index in [-0.39, 0.29) is 11.7 Å². The van der Waals surface area contributed by atoms with Crippen LogP contribution in [-0.2, 0) is 16.1 Å². The van der Waals surface area contributed by atoms with Gasteiger partial charge >= 0.3 is 5.97 Å². The van der Waals surface area contributed by atoms with Gasteiger partial charge in [0.05, 0.1) is 12.4 Å². The first-order valence-electron chi connectivity index (χ1n) is 6.91. The molecule has 0 saturated heterocycles. The van der Waals surface area contributed by atoms with Crippen molar-refractivity contribution < 1.29 is 14.6 Å². The van der Waals surface area contributed by atoms with E-state index in [4.69, 9.17) is 9.84 Å². The third kappa shape index (κ3) is 5.50. The number of carbonyl (C=O) groups is 1. The summed E-state index contributed by atoms with van der Waals surface area (Å²) in [4.78, 5) is 10.7. The second-order valence-electron chi connectivity index (χ2n) is 4.80. The Labute approximate surface area is 123 Å². The number of rotatable bonds is 10. The van der Waals surface area contributed by atoms with Gasteiger partial charge in [-0.1, -0.05) is 39.0 Å². The highest BCUT2D eigenvalue weighted by Crippen LogP contribution is 2.21. The largest absolute Gasteiger partial charge is 0.481 e. The Hall–Kier alpha value is -1.08. The molecular formula is C13H23N3O3S. The molecule has 0 aliphatic rings. The summed E-state index contributed by atoms with van der Waals surface area (Å²) in [5.74, 6) is 0.261. The van der Waals surface area contributed by atoms with Crippen molar-refractivity contribution in [2.75, 3.05) is 19.0 Å². The number of hydrogen-bond donors (Lipinski definition) is 1. The predicted molar refractivity (Wildman–Crippen MR) is 78.2 cm³/mol. The smallest absolute Gasteiger partial charge is 0.313 e. The molecule has 0 amide bonds. The van der Waals surface area contributed by atoms with E-state index in [2.05, 4.69) is 17.1 Å². The summed E-state index contributed by atoms with van der Waals surface area (Å²) in [6.07, 6.45) is 2.17. The van der Waals surface area contributed by atoms with Gasteiger partial charge in [0.2, 0.25) is 0 Å². The monoisotopic (exact) mass is 301 g/mol. The molecule has 1 heterocycles. The number of ether oxygens (including phenoxy) is 1. The molecule has 0 fully saturated rings. The lowest BCUT2D eigenvalue weighted by Crippen LogP contribution is -2.12. The average Bonchev–Trinajstić information content (AvgIpc) is 2.79. The minimum absolute atomic E-state index is 0.00702. The minimum atomic E-state index is -0.852. The van der Waals surface area contributed by atoms with Crippen LogP contribution >= 0.6 is 11.8 Å². The summed E-state index contributed by atoms with van der Waals surface area (Å²) < 4.78 is 7.52. The highest BCUT2D eigenvalue weighted by Gasteiger charge is 2.16. The molecule has 1 N–H and O–H groups in total. The molecule has 6 nitrogen and oxygen atoms in total. The Balaban J connectivity index is 2.63. The lowest BCUT2D eigenvalue weighted by molar-refractivity contribution is -0.133. The van der Waals surface area contributed by atoms with Crippen LogP contribution in [0.2, 0.25) is 0 Å². The van der Waals surface area contributed by atoms with E-state index in [0.29, 0.717) is 18.3 Å². The van der Waals surface area contributed by atoms with Crippen LogP contribution in [0.4, 0.5) is 0 Å². The number of aromatic nitrogens is 3. The second-order valence-corrected chi connectivity index (χ2v) is 5.74. The van der Waals surface area contributed by atoms with Gasteiger partial charge in [-0.15, -0.1) is 10.2 Å². The molecule has 0 aliphatic heterocycles. The standard InChI is InChI=1S/C13H23N3O3S/c1-4-5-7-19-8-6-16-12(10(2)3)14-15-13(16)20-9-11(17)18/h10H,4-9H2,1-3H3,(H,17,18). The molecule has 0 atom stereocenters. The van der Waals surface area contributed by atoms with E-state index >= 15 is 0 Å². The van der Waals surface area contributed by atoms with E-state index in [0.717, 1.165) is 25.3 Å². The van der Waals surface area contributed by atoms with Gasteiger partial charge in [0.25, 0.3) is 0 Å². The van der Waals surface area contributed by atoms with E-state index in [1.165, 1.54) is 11.8 Å². The molecule has 0 spiro atoms. The Kier molecular flexibility index (Phi) is 7.61. The first-order chi connectivity index (χ1) is 9.56. The Morgan fingerprint density at radius 2 is 2.15 bits per heavy atom. The second kappa shape index (κ2) is 8.97. The molecule has 0 bridgehead atoms. The zero-order chi connectivity index (χ0) is 15.0. The summed E-state index contributed by atoms with van der Waals surface area (Å²) in [6.45, 7) is 8.23. The van der Waals surface area contributed by atoms with Crippen LogP contribution < -0.4 is 0 Å². The molecular weight excluding hydrogens is 278 g/mol. The highest BCUT2D eigenvalue weighted by atomic mass is 32.2. The number of nitrogens with zero attached hydrogens (tertiary/aromatic N) is 3. The van der Waals surface area contributed by atoms with Crippen LogP contribution in [0.3, 0.4) is 0 Å². The van der Waals surface area contributed by atoms with Crippen molar-refractivity contribution in [2.45, 2.75) is 51.2 Å². The topological polar surface area (TPSA) is 77.2 Å².